The van der Waals surface area contributed by atoms with Gasteiger partial charge >= 0.3 is 0 Å². The normalized spacial score (nSPS) is 61.5. The van der Waals surface area contributed by atoms with E-state index in [0.717, 1.165) is 50.5 Å². The highest BCUT2D eigenvalue weighted by Crippen LogP contribution is 2.67. The van der Waals surface area contributed by atoms with Gasteiger partial charge in [0.1, 0.15) is 0 Å². The van der Waals surface area contributed by atoms with Crippen molar-refractivity contribution in [3.63, 3.8) is 0 Å². The summed E-state index contributed by atoms with van der Waals surface area (Å²) in [6.45, 7) is 9.36. The molecule has 0 spiro atoms. The Morgan fingerprint density at radius 1 is 0.742 bits per heavy atom. The summed E-state index contributed by atoms with van der Waals surface area (Å²) < 4.78 is 0. The Hall–Kier alpha value is -0.160. The summed E-state index contributed by atoms with van der Waals surface area (Å²) in [4.78, 5) is 2.68. The fourth-order valence-corrected chi connectivity index (χ4v) is 10.6. The van der Waals surface area contributed by atoms with Gasteiger partial charge in [-0.05, 0) is 117 Å². The summed E-state index contributed by atoms with van der Waals surface area (Å²) >= 11 is 0. The van der Waals surface area contributed by atoms with Crippen LogP contribution in [0, 0.1) is 52.8 Å². The lowest BCUT2D eigenvalue weighted by atomic mass is 9.51. The lowest BCUT2D eigenvalue weighted by Crippen LogP contribution is -2.67. The topological polar surface area (TPSA) is 63.9 Å². The summed E-state index contributed by atoms with van der Waals surface area (Å²) in [5.41, 5.74) is -0.365. The number of hydrogen-bond donors (Lipinski definition) is 3. The molecule has 0 amide bonds. The molecule has 176 valence electrons. The molecule has 0 aromatic rings. The monoisotopic (exact) mass is 431 g/mol. The molecule has 4 aliphatic carbocycles. The summed E-state index contributed by atoms with van der Waals surface area (Å²) in [5, 5.41) is 33.3. The second-order valence-electron chi connectivity index (χ2n) is 13.4. The minimum absolute atomic E-state index is 0.188. The molecule has 6 aliphatic rings. The Morgan fingerprint density at radius 3 is 2.35 bits per heavy atom. The molecule has 2 aliphatic heterocycles. The molecule has 4 saturated carbocycles. The van der Waals surface area contributed by atoms with Crippen LogP contribution in [-0.4, -0.2) is 57.2 Å². The molecule has 0 aromatic heterocycles. The first-order valence-electron chi connectivity index (χ1n) is 13.5. The first-order chi connectivity index (χ1) is 14.7. The highest BCUT2D eigenvalue weighted by Gasteiger charge is 2.64. The van der Waals surface area contributed by atoms with Crippen molar-refractivity contribution in [2.24, 2.45) is 52.8 Å². The number of aliphatic hydroxyl groups is 3. The average molecular weight is 432 g/mol. The second kappa shape index (κ2) is 7.17. The van der Waals surface area contributed by atoms with Gasteiger partial charge in [0.25, 0.3) is 0 Å². The van der Waals surface area contributed by atoms with Crippen molar-refractivity contribution >= 4 is 0 Å². The highest BCUT2D eigenvalue weighted by atomic mass is 16.3. The van der Waals surface area contributed by atoms with Crippen molar-refractivity contribution in [1.29, 1.82) is 0 Å². The molecular weight excluding hydrogens is 386 g/mol. The largest absolute Gasteiger partial charge is 0.393 e. The van der Waals surface area contributed by atoms with Crippen molar-refractivity contribution in [1.82, 2.24) is 4.90 Å². The first-order valence-corrected chi connectivity index (χ1v) is 13.5. The molecule has 3 N–H and O–H groups in total. The van der Waals surface area contributed by atoms with E-state index >= 15 is 0 Å². The fraction of sp³-hybridized carbons (Fsp3) is 1.00. The summed E-state index contributed by atoms with van der Waals surface area (Å²) in [6.07, 6.45) is 9.43. The van der Waals surface area contributed by atoms with Gasteiger partial charge in [0, 0.05) is 19.1 Å². The van der Waals surface area contributed by atoms with E-state index in [-0.39, 0.29) is 23.5 Å². The van der Waals surface area contributed by atoms with E-state index in [1.807, 2.05) is 0 Å². The van der Waals surface area contributed by atoms with E-state index in [9.17, 15) is 15.3 Å². The van der Waals surface area contributed by atoms with E-state index in [2.05, 4.69) is 25.7 Å². The molecule has 2 saturated heterocycles. The smallest absolute Gasteiger partial charge is 0.0805 e. The Kier molecular flexibility index (Phi) is 4.94. The zero-order valence-corrected chi connectivity index (χ0v) is 19.9. The van der Waals surface area contributed by atoms with Crippen molar-refractivity contribution in [2.45, 2.75) is 102 Å². The lowest BCUT2D eigenvalue weighted by Gasteiger charge is -2.60. The maximum absolute atomic E-state index is 11.8. The van der Waals surface area contributed by atoms with Crippen LogP contribution in [0.5, 0.6) is 0 Å². The van der Waals surface area contributed by atoms with Gasteiger partial charge < -0.3 is 15.3 Å². The van der Waals surface area contributed by atoms with Gasteiger partial charge in [0.2, 0.25) is 0 Å². The third-order valence-electron chi connectivity index (χ3n) is 12.0. The predicted octanol–water partition coefficient (Wildman–Crippen LogP) is 3.68. The molecule has 6 rings (SSSR count). The molecular formula is C27H45NO3. The number of rotatable bonds is 0. The third kappa shape index (κ3) is 3.00. The number of hydrogen-bond acceptors (Lipinski definition) is 4. The Morgan fingerprint density at radius 2 is 1.55 bits per heavy atom. The molecule has 4 heteroatoms. The first kappa shape index (κ1) is 21.4. The van der Waals surface area contributed by atoms with E-state index in [1.54, 1.807) is 0 Å². The van der Waals surface area contributed by atoms with Crippen LogP contribution in [0.3, 0.4) is 0 Å². The zero-order chi connectivity index (χ0) is 21.7. The van der Waals surface area contributed by atoms with Crippen LogP contribution in [0.4, 0.5) is 0 Å². The second-order valence-corrected chi connectivity index (χ2v) is 13.4. The van der Waals surface area contributed by atoms with E-state index in [1.165, 1.54) is 32.2 Å². The third-order valence-corrected chi connectivity index (χ3v) is 12.0. The van der Waals surface area contributed by atoms with Gasteiger partial charge in [-0.1, -0.05) is 13.8 Å². The van der Waals surface area contributed by atoms with Crippen LogP contribution in [0.2, 0.25) is 0 Å². The molecule has 31 heavy (non-hydrogen) atoms. The Labute approximate surface area is 188 Å². The van der Waals surface area contributed by atoms with Gasteiger partial charge in [0.05, 0.1) is 17.8 Å². The van der Waals surface area contributed by atoms with Crippen LogP contribution in [0.1, 0.15) is 78.6 Å². The van der Waals surface area contributed by atoms with E-state index in [0.29, 0.717) is 35.6 Å². The van der Waals surface area contributed by atoms with Crippen LogP contribution >= 0.6 is 0 Å². The van der Waals surface area contributed by atoms with Crippen LogP contribution in [0.15, 0.2) is 0 Å². The minimum atomic E-state index is -0.553. The highest BCUT2D eigenvalue weighted by molar-refractivity contribution is 5.14. The molecule has 4 nitrogen and oxygen atoms in total. The zero-order valence-electron chi connectivity index (χ0n) is 19.9. The van der Waals surface area contributed by atoms with Gasteiger partial charge in [-0.2, -0.15) is 0 Å². The summed E-state index contributed by atoms with van der Waals surface area (Å²) in [7, 11) is 0. The quantitative estimate of drug-likeness (QED) is 0.547. The lowest BCUT2D eigenvalue weighted by molar-refractivity contribution is -0.176. The number of fused-ring (bicyclic) bond motifs is 8. The maximum atomic E-state index is 11.8. The fourth-order valence-electron chi connectivity index (χ4n) is 10.6. The van der Waals surface area contributed by atoms with Crippen LogP contribution in [0.25, 0.3) is 0 Å². The summed E-state index contributed by atoms with van der Waals surface area (Å²) in [6, 6.07) is 0.355. The van der Waals surface area contributed by atoms with Gasteiger partial charge in [0.15, 0.2) is 0 Å². The molecule has 6 fully saturated rings. The predicted molar refractivity (Wildman–Crippen MR) is 121 cm³/mol. The SMILES string of the molecule is C[C@@H]1CC[C@@H]2N(C1)C[C@@H]1[C@@H]3C[C@H]4[C@@H](C[C@@H](O)[C@H]5C[C@@H](O)CC[C@@]54C)[C@H]3CC[C@@H]1[C@]2(C)O. The van der Waals surface area contributed by atoms with Crippen molar-refractivity contribution < 1.29 is 15.3 Å². The average Bonchev–Trinajstić information content (AvgIpc) is 3.09. The minimum Gasteiger partial charge on any atom is -0.393 e. The van der Waals surface area contributed by atoms with E-state index in [4.69, 9.17) is 0 Å². The van der Waals surface area contributed by atoms with Crippen molar-refractivity contribution in [3.05, 3.63) is 0 Å². The van der Waals surface area contributed by atoms with Gasteiger partial charge in [-0.15, -0.1) is 0 Å². The number of piperidine rings is 2. The number of aliphatic hydroxyl groups excluding tert-OH is 2. The van der Waals surface area contributed by atoms with Crippen molar-refractivity contribution in [2.75, 3.05) is 13.1 Å². The molecule has 13 atom stereocenters. The summed E-state index contributed by atoms with van der Waals surface area (Å²) in [5.74, 6) is 4.89. The van der Waals surface area contributed by atoms with E-state index < -0.39 is 5.60 Å². The van der Waals surface area contributed by atoms with Crippen molar-refractivity contribution in [3.8, 4) is 0 Å². The standard InChI is InChI=1S/C27H45NO3/c1-15-4-7-25-27(3,31)21-6-5-17-18(20(21)14-28(25)13-15)11-22-19(17)12-24(30)23-10-16(29)8-9-26(22,23)2/h15-25,29-31H,4-14H2,1-3H3/t15-,16+,17+,18-,19+,20-,21+,22+,23-,24-,25+,26-,27+/m1/s1. The molecule has 2 heterocycles. The van der Waals surface area contributed by atoms with Crippen LogP contribution in [-0.2, 0) is 0 Å². The maximum Gasteiger partial charge on any atom is 0.0805 e. The van der Waals surface area contributed by atoms with Gasteiger partial charge in [-0.3, -0.25) is 4.90 Å². The Balaban J connectivity index is 1.30. The van der Waals surface area contributed by atoms with Gasteiger partial charge in [-0.25, -0.2) is 0 Å². The molecule has 0 bridgehead atoms. The molecule has 0 radical (unpaired) electrons. The molecule has 0 unspecified atom stereocenters. The molecule has 0 aromatic carbocycles. The number of nitrogens with zero attached hydrogens (tertiary/aromatic N) is 1. The Bertz CT molecular complexity index is 711. The van der Waals surface area contributed by atoms with Crippen LogP contribution < -0.4 is 0 Å².